The van der Waals surface area contributed by atoms with Crippen molar-refractivity contribution < 1.29 is 0 Å². The van der Waals surface area contributed by atoms with Gasteiger partial charge < -0.3 is 9.13 Å². The summed E-state index contributed by atoms with van der Waals surface area (Å²) < 4.78 is 3.26. The quantitative estimate of drug-likeness (QED) is 0.497. The Kier molecular flexibility index (Phi) is 4.60. The standard InChI is InChI=1S/C25H22N2O2/c1-5-7-19-15-26(3)25(29)23-18(8-6-9-21(19)23)14-20-13-17-11-10-16(2)12-22(17)24(28)27(20)4/h6,8-13,15H,14H2,1-4H3. The number of fused-ring (bicyclic) bond motifs is 2. The SMILES string of the molecule is CC#Cc1cn(C)c(=O)c2c(Cc3cc4ccc(C)cc4c(=O)n3C)cccc12. The third kappa shape index (κ3) is 3.15. The van der Waals surface area contributed by atoms with E-state index in [0.29, 0.717) is 17.2 Å². The fourth-order valence-electron chi connectivity index (χ4n) is 3.89. The molecule has 0 fully saturated rings. The van der Waals surface area contributed by atoms with Gasteiger partial charge in [-0.25, -0.2) is 0 Å². The summed E-state index contributed by atoms with van der Waals surface area (Å²) in [5, 5.41) is 3.14. The highest BCUT2D eigenvalue weighted by molar-refractivity contribution is 5.90. The molecule has 0 amide bonds. The molecule has 29 heavy (non-hydrogen) atoms. The van der Waals surface area contributed by atoms with Gasteiger partial charge in [0.1, 0.15) is 0 Å². The van der Waals surface area contributed by atoms with E-state index in [1.165, 1.54) is 0 Å². The summed E-state index contributed by atoms with van der Waals surface area (Å²) in [5.74, 6) is 6.02. The molecule has 4 aromatic rings. The first-order valence-electron chi connectivity index (χ1n) is 9.54. The van der Waals surface area contributed by atoms with Crippen molar-refractivity contribution in [2.75, 3.05) is 0 Å². The molecule has 0 unspecified atom stereocenters. The average Bonchev–Trinajstić information content (AvgIpc) is 2.70. The first kappa shape index (κ1) is 18.8. The van der Waals surface area contributed by atoms with E-state index < -0.39 is 0 Å². The molecule has 144 valence electrons. The van der Waals surface area contributed by atoms with Gasteiger partial charge in [-0.05, 0) is 36.9 Å². The molecule has 0 saturated carbocycles. The van der Waals surface area contributed by atoms with Crippen molar-refractivity contribution in [1.82, 2.24) is 9.13 Å². The van der Waals surface area contributed by atoms with Crippen LogP contribution < -0.4 is 11.1 Å². The average molecular weight is 382 g/mol. The molecule has 4 heteroatoms. The van der Waals surface area contributed by atoms with Crippen LogP contribution in [-0.4, -0.2) is 9.13 Å². The molecule has 0 saturated heterocycles. The largest absolute Gasteiger partial charge is 0.317 e. The van der Waals surface area contributed by atoms with Crippen LogP contribution in [0.4, 0.5) is 0 Å². The second kappa shape index (κ2) is 7.10. The third-order valence-corrected chi connectivity index (χ3v) is 5.43. The monoisotopic (exact) mass is 382 g/mol. The Bertz CT molecular complexity index is 1460. The van der Waals surface area contributed by atoms with Crippen molar-refractivity contribution in [2.24, 2.45) is 14.1 Å². The van der Waals surface area contributed by atoms with Gasteiger partial charge in [-0.15, -0.1) is 5.92 Å². The molecule has 0 radical (unpaired) electrons. The van der Waals surface area contributed by atoms with Crippen molar-refractivity contribution in [3.63, 3.8) is 0 Å². The lowest BCUT2D eigenvalue weighted by Crippen LogP contribution is -2.22. The van der Waals surface area contributed by atoms with E-state index in [-0.39, 0.29) is 11.1 Å². The highest BCUT2D eigenvalue weighted by Gasteiger charge is 2.13. The second-order valence-electron chi connectivity index (χ2n) is 7.44. The fourth-order valence-corrected chi connectivity index (χ4v) is 3.89. The first-order chi connectivity index (χ1) is 13.9. The number of hydrogen-bond donors (Lipinski definition) is 0. The van der Waals surface area contributed by atoms with Crippen LogP contribution in [0.5, 0.6) is 0 Å². The van der Waals surface area contributed by atoms with Gasteiger partial charge in [-0.2, -0.15) is 0 Å². The van der Waals surface area contributed by atoms with Crippen molar-refractivity contribution in [3.8, 4) is 11.8 Å². The summed E-state index contributed by atoms with van der Waals surface area (Å²) in [6.07, 6.45) is 2.27. The van der Waals surface area contributed by atoms with E-state index in [4.69, 9.17) is 0 Å². The normalized spacial score (nSPS) is 10.9. The van der Waals surface area contributed by atoms with Gasteiger partial charge in [0.2, 0.25) is 0 Å². The Balaban J connectivity index is 1.97. The van der Waals surface area contributed by atoms with Crippen LogP contribution in [0.2, 0.25) is 0 Å². The summed E-state index contributed by atoms with van der Waals surface area (Å²) >= 11 is 0. The number of benzene rings is 2. The Morgan fingerprint density at radius 1 is 0.966 bits per heavy atom. The van der Waals surface area contributed by atoms with Gasteiger partial charge in [-0.3, -0.25) is 9.59 Å². The molecular weight excluding hydrogens is 360 g/mol. The number of rotatable bonds is 2. The van der Waals surface area contributed by atoms with Crippen molar-refractivity contribution >= 4 is 21.5 Å². The predicted octanol–water partition coefficient (Wildman–Crippen LogP) is 3.66. The van der Waals surface area contributed by atoms with E-state index in [1.807, 2.05) is 49.4 Å². The molecule has 0 aliphatic carbocycles. The number of aryl methyl sites for hydroxylation is 2. The number of nitrogens with zero attached hydrogens (tertiary/aromatic N) is 2. The summed E-state index contributed by atoms with van der Waals surface area (Å²) in [6, 6.07) is 13.8. The van der Waals surface area contributed by atoms with E-state index in [1.54, 1.807) is 36.4 Å². The van der Waals surface area contributed by atoms with Crippen LogP contribution >= 0.6 is 0 Å². The Labute approximate surface area is 169 Å². The number of pyridine rings is 2. The highest BCUT2D eigenvalue weighted by Crippen LogP contribution is 2.22. The zero-order chi connectivity index (χ0) is 20.7. The first-order valence-corrected chi connectivity index (χ1v) is 9.54. The summed E-state index contributed by atoms with van der Waals surface area (Å²) in [4.78, 5) is 25.8. The van der Waals surface area contributed by atoms with Crippen LogP contribution in [0.15, 0.2) is 58.3 Å². The molecular formula is C25H22N2O2. The minimum Gasteiger partial charge on any atom is -0.317 e. The Morgan fingerprint density at radius 3 is 2.52 bits per heavy atom. The highest BCUT2D eigenvalue weighted by atomic mass is 16.1. The van der Waals surface area contributed by atoms with Crippen molar-refractivity contribution in [2.45, 2.75) is 20.3 Å². The van der Waals surface area contributed by atoms with Gasteiger partial charge in [-0.1, -0.05) is 41.8 Å². The molecule has 0 atom stereocenters. The van der Waals surface area contributed by atoms with Gasteiger partial charge in [0.05, 0.1) is 5.39 Å². The maximum absolute atomic E-state index is 12.9. The molecule has 2 aromatic carbocycles. The summed E-state index contributed by atoms with van der Waals surface area (Å²) in [7, 11) is 3.53. The van der Waals surface area contributed by atoms with E-state index in [9.17, 15) is 9.59 Å². The third-order valence-electron chi connectivity index (χ3n) is 5.43. The summed E-state index contributed by atoms with van der Waals surface area (Å²) in [6.45, 7) is 3.77. The molecule has 0 bridgehead atoms. The zero-order valence-corrected chi connectivity index (χ0v) is 17.0. The fraction of sp³-hybridized carbons (Fsp3) is 0.200. The molecule has 0 aliphatic heterocycles. The zero-order valence-electron chi connectivity index (χ0n) is 17.0. The maximum atomic E-state index is 12.9. The number of aromatic nitrogens is 2. The summed E-state index contributed by atoms with van der Waals surface area (Å²) in [5.41, 5.74) is 3.57. The molecule has 0 N–H and O–H groups in total. The van der Waals surface area contributed by atoms with Gasteiger partial charge in [0.15, 0.2) is 0 Å². The van der Waals surface area contributed by atoms with Crippen LogP contribution in [0, 0.1) is 18.8 Å². The topological polar surface area (TPSA) is 44.0 Å². The lowest BCUT2D eigenvalue weighted by atomic mass is 9.98. The lowest BCUT2D eigenvalue weighted by Gasteiger charge is -2.13. The van der Waals surface area contributed by atoms with Crippen molar-refractivity contribution in [1.29, 1.82) is 0 Å². The Hall–Kier alpha value is -3.58. The van der Waals surface area contributed by atoms with Crippen LogP contribution in [0.1, 0.15) is 29.3 Å². The Morgan fingerprint density at radius 2 is 1.76 bits per heavy atom. The van der Waals surface area contributed by atoms with E-state index >= 15 is 0 Å². The maximum Gasteiger partial charge on any atom is 0.258 e. The molecule has 2 heterocycles. The molecule has 4 nitrogen and oxygen atoms in total. The minimum absolute atomic E-state index is 0.0214. The van der Waals surface area contributed by atoms with E-state index in [2.05, 4.69) is 11.8 Å². The number of hydrogen-bond acceptors (Lipinski definition) is 2. The molecule has 2 aromatic heterocycles. The molecule has 0 aliphatic rings. The van der Waals surface area contributed by atoms with Gasteiger partial charge in [0.25, 0.3) is 11.1 Å². The van der Waals surface area contributed by atoms with Crippen LogP contribution in [0.3, 0.4) is 0 Å². The second-order valence-corrected chi connectivity index (χ2v) is 7.44. The molecule has 4 rings (SSSR count). The van der Waals surface area contributed by atoms with E-state index in [0.717, 1.165) is 33.2 Å². The molecule has 0 spiro atoms. The van der Waals surface area contributed by atoms with Gasteiger partial charge in [0, 0.05) is 48.7 Å². The van der Waals surface area contributed by atoms with Crippen LogP contribution in [0.25, 0.3) is 21.5 Å². The van der Waals surface area contributed by atoms with Gasteiger partial charge >= 0.3 is 0 Å². The smallest absolute Gasteiger partial charge is 0.258 e. The minimum atomic E-state index is -0.0568. The van der Waals surface area contributed by atoms with Crippen LogP contribution in [-0.2, 0) is 20.5 Å². The predicted molar refractivity (Wildman–Crippen MR) is 118 cm³/mol. The van der Waals surface area contributed by atoms with Crippen molar-refractivity contribution in [3.05, 3.63) is 91.8 Å². The lowest BCUT2D eigenvalue weighted by molar-refractivity contribution is 0.803.